The molecule has 110 valence electrons. The van der Waals surface area contributed by atoms with Gasteiger partial charge in [0.2, 0.25) is 5.95 Å². The average molecular weight is 275 g/mol. The minimum Gasteiger partial charge on any atom is -0.369 e. The van der Waals surface area contributed by atoms with E-state index in [0.29, 0.717) is 12.0 Å². The molecule has 0 aromatic carbocycles. The maximum atomic E-state index is 6.21. The van der Waals surface area contributed by atoms with Crippen molar-refractivity contribution in [3.8, 4) is 0 Å². The summed E-state index contributed by atoms with van der Waals surface area (Å²) < 4.78 is 4.16. The van der Waals surface area contributed by atoms with Crippen molar-refractivity contribution in [2.45, 2.75) is 58.4 Å². The van der Waals surface area contributed by atoms with Gasteiger partial charge in [0.25, 0.3) is 0 Å². The zero-order valence-corrected chi connectivity index (χ0v) is 12.8. The van der Waals surface area contributed by atoms with E-state index in [-0.39, 0.29) is 0 Å². The largest absolute Gasteiger partial charge is 0.369 e. The molecule has 1 atom stereocenters. The molecule has 2 aromatic rings. The first-order chi connectivity index (χ1) is 9.63. The average Bonchev–Trinajstić information content (AvgIpc) is 3.09. The molecule has 1 aliphatic rings. The normalized spacial score (nSPS) is 18.1. The molecular weight excluding hydrogens is 250 g/mol. The zero-order chi connectivity index (χ0) is 14.3. The molecule has 1 saturated carbocycles. The molecule has 5 nitrogen and oxygen atoms in total. The van der Waals surface area contributed by atoms with Crippen molar-refractivity contribution in [1.29, 1.82) is 0 Å². The summed E-state index contributed by atoms with van der Waals surface area (Å²) >= 11 is 0. The number of rotatable bonds is 4. The highest BCUT2D eigenvalue weighted by Gasteiger charge is 2.27. The Hall–Kier alpha value is -1.52. The number of aromatic nitrogens is 4. The summed E-state index contributed by atoms with van der Waals surface area (Å²) in [4.78, 5) is 4.60. The minimum absolute atomic E-state index is 0.410. The Labute approximate surface area is 120 Å². The van der Waals surface area contributed by atoms with Crippen LogP contribution in [0.3, 0.4) is 0 Å². The fraction of sp³-hybridized carbons (Fsp3) is 0.733. The van der Waals surface area contributed by atoms with Gasteiger partial charge in [0.15, 0.2) is 5.65 Å². The second kappa shape index (κ2) is 5.11. The molecule has 0 spiro atoms. The van der Waals surface area contributed by atoms with Crippen LogP contribution in [0.15, 0.2) is 0 Å². The Morgan fingerprint density at radius 2 is 2.05 bits per heavy atom. The van der Waals surface area contributed by atoms with Gasteiger partial charge in [-0.1, -0.05) is 26.2 Å². The number of hydrogen-bond acceptors (Lipinski definition) is 3. The first-order valence-electron chi connectivity index (χ1n) is 7.82. The Bertz CT molecular complexity index is 603. The van der Waals surface area contributed by atoms with Crippen molar-refractivity contribution in [3.05, 3.63) is 5.69 Å². The maximum Gasteiger partial charge on any atom is 0.202 e. The number of hydrogen-bond donors (Lipinski definition) is 1. The van der Waals surface area contributed by atoms with Crippen LogP contribution in [-0.2, 0) is 13.5 Å². The number of nitrogens with two attached hydrogens (primary N) is 1. The molecule has 3 rings (SSSR count). The van der Waals surface area contributed by atoms with Crippen LogP contribution in [-0.4, -0.2) is 19.3 Å². The van der Waals surface area contributed by atoms with E-state index in [0.717, 1.165) is 35.6 Å². The van der Waals surface area contributed by atoms with E-state index in [4.69, 9.17) is 5.73 Å². The van der Waals surface area contributed by atoms with E-state index >= 15 is 0 Å². The van der Waals surface area contributed by atoms with E-state index < -0.39 is 0 Å². The van der Waals surface area contributed by atoms with Crippen molar-refractivity contribution < 1.29 is 0 Å². The summed E-state index contributed by atoms with van der Waals surface area (Å²) in [6, 6.07) is 0.410. The van der Waals surface area contributed by atoms with Crippen LogP contribution in [0.25, 0.3) is 11.2 Å². The summed E-state index contributed by atoms with van der Waals surface area (Å²) in [6.45, 7) is 4.45. The molecule has 0 amide bonds. The van der Waals surface area contributed by atoms with Crippen molar-refractivity contribution >= 4 is 17.1 Å². The van der Waals surface area contributed by atoms with Crippen LogP contribution in [0.1, 0.15) is 57.7 Å². The molecule has 0 radical (unpaired) electrons. The minimum atomic E-state index is 0.410. The van der Waals surface area contributed by atoms with Crippen LogP contribution in [0.4, 0.5) is 5.95 Å². The van der Waals surface area contributed by atoms with E-state index in [2.05, 4.69) is 28.5 Å². The summed E-state index contributed by atoms with van der Waals surface area (Å²) in [6.07, 6.45) is 7.35. The zero-order valence-electron chi connectivity index (χ0n) is 12.8. The highest BCUT2D eigenvalue weighted by Crippen LogP contribution is 2.37. The lowest BCUT2D eigenvalue weighted by atomic mass is 9.99. The third-order valence-electron chi connectivity index (χ3n) is 4.74. The van der Waals surface area contributed by atoms with E-state index in [1.807, 2.05) is 11.7 Å². The number of anilines is 1. The lowest BCUT2D eigenvalue weighted by Crippen LogP contribution is -2.17. The molecule has 2 heterocycles. The third kappa shape index (κ3) is 2.00. The van der Waals surface area contributed by atoms with Gasteiger partial charge in [0.05, 0.1) is 5.69 Å². The number of nitrogen functional groups attached to an aromatic ring is 1. The van der Waals surface area contributed by atoms with Gasteiger partial charge in [0, 0.05) is 13.1 Å². The lowest BCUT2D eigenvalue weighted by molar-refractivity contribution is 0.367. The van der Waals surface area contributed by atoms with E-state index in [9.17, 15) is 0 Å². The molecule has 2 aromatic heterocycles. The Morgan fingerprint density at radius 1 is 1.35 bits per heavy atom. The van der Waals surface area contributed by atoms with Crippen LogP contribution < -0.4 is 5.73 Å². The molecule has 0 bridgehead atoms. The van der Waals surface area contributed by atoms with Gasteiger partial charge in [-0.2, -0.15) is 5.10 Å². The van der Waals surface area contributed by atoms with Crippen LogP contribution in [0.2, 0.25) is 0 Å². The van der Waals surface area contributed by atoms with Crippen molar-refractivity contribution in [2.24, 2.45) is 13.0 Å². The monoisotopic (exact) mass is 275 g/mol. The lowest BCUT2D eigenvalue weighted by Gasteiger charge is -2.22. The smallest absolute Gasteiger partial charge is 0.202 e. The summed E-state index contributed by atoms with van der Waals surface area (Å²) in [5.41, 5.74) is 9.37. The summed E-state index contributed by atoms with van der Waals surface area (Å²) in [7, 11) is 2.00. The summed E-state index contributed by atoms with van der Waals surface area (Å²) in [5, 5.41) is 4.63. The molecular formula is C15H25N5. The maximum absolute atomic E-state index is 6.21. The number of fused-ring (bicyclic) bond motifs is 1. The van der Waals surface area contributed by atoms with Crippen LogP contribution >= 0.6 is 0 Å². The van der Waals surface area contributed by atoms with E-state index in [1.54, 1.807) is 0 Å². The highest BCUT2D eigenvalue weighted by atomic mass is 15.4. The number of nitrogens with zero attached hydrogens (tertiary/aromatic N) is 4. The van der Waals surface area contributed by atoms with Crippen molar-refractivity contribution in [2.75, 3.05) is 5.73 Å². The Kier molecular flexibility index (Phi) is 3.44. The predicted octanol–water partition coefficient (Wildman–Crippen LogP) is 3.06. The Balaban J connectivity index is 2.07. The van der Waals surface area contributed by atoms with Crippen molar-refractivity contribution in [3.63, 3.8) is 0 Å². The van der Waals surface area contributed by atoms with Gasteiger partial charge >= 0.3 is 0 Å². The van der Waals surface area contributed by atoms with Crippen molar-refractivity contribution in [1.82, 2.24) is 19.3 Å². The highest BCUT2D eigenvalue weighted by molar-refractivity contribution is 5.78. The fourth-order valence-corrected chi connectivity index (χ4v) is 3.68. The van der Waals surface area contributed by atoms with Gasteiger partial charge in [0.1, 0.15) is 5.52 Å². The molecule has 1 aliphatic carbocycles. The molecule has 0 saturated heterocycles. The molecule has 2 N–H and O–H groups in total. The fourth-order valence-electron chi connectivity index (χ4n) is 3.68. The van der Waals surface area contributed by atoms with Gasteiger partial charge in [-0.3, -0.25) is 9.25 Å². The van der Waals surface area contributed by atoms with Gasteiger partial charge < -0.3 is 5.73 Å². The van der Waals surface area contributed by atoms with E-state index in [1.165, 1.54) is 25.7 Å². The molecule has 1 unspecified atom stereocenters. The van der Waals surface area contributed by atoms with Crippen LogP contribution in [0, 0.1) is 5.92 Å². The quantitative estimate of drug-likeness (QED) is 0.932. The molecule has 1 fully saturated rings. The first-order valence-corrected chi connectivity index (χ1v) is 7.82. The van der Waals surface area contributed by atoms with Gasteiger partial charge in [-0.25, -0.2) is 4.98 Å². The standard InChI is InChI=1S/C15H25N5/c1-4-7-12-13-14(19(3)18-12)20(15(16)17-13)10(2)11-8-5-6-9-11/h10-11H,4-9H2,1-3H3,(H2,16,17). The van der Waals surface area contributed by atoms with Gasteiger partial charge in [-0.15, -0.1) is 0 Å². The first kappa shape index (κ1) is 13.5. The summed E-state index contributed by atoms with van der Waals surface area (Å²) in [5.74, 6) is 1.36. The molecule has 5 heteroatoms. The molecule has 0 aliphatic heterocycles. The van der Waals surface area contributed by atoms with Crippen LogP contribution in [0.5, 0.6) is 0 Å². The SMILES string of the molecule is CCCc1nn(C)c2c1nc(N)n2C(C)C1CCCC1. The number of imidazole rings is 1. The predicted molar refractivity (Wildman–Crippen MR) is 81.6 cm³/mol. The second-order valence-electron chi connectivity index (χ2n) is 6.12. The van der Waals surface area contributed by atoms with Gasteiger partial charge in [-0.05, 0) is 32.1 Å². The molecule has 20 heavy (non-hydrogen) atoms. The number of aryl methyl sites for hydroxylation is 2. The second-order valence-corrected chi connectivity index (χ2v) is 6.12. The topological polar surface area (TPSA) is 61.7 Å². The third-order valence-corrected chi connectivity index (χ3v) is 4.74. The Morgan fingerprint density at radius 3 is 2.70 bits per heavy atom.